The van der Waals surface area contributed by atoms with Gasteiger partial charge < -0.3 is 0 Å². The number of aryl methyl sites for hydroxylation is 3. The van der Waals surface area contributed by atoms with Gasteiger partial charge in [0, 0.05) is 5.92 Å². The van der Waals surface area contributed by atoms with E-state index in [9.17, 15) is 0 Å². The third-order valence-electron chi connectivity index (χ3n) is 4.43. The predicted octanol–water partition coefficient (Wildman–Crippen LogP) is 9.27. The van der Waals surface area contributed by atoms with Gasteiger partial charge >= 0.3 is 0 Å². The van der Waals surface area contributed by atoms with Gasteiger partial charge in [0.25, 0.3) is 0 Å². The van der Waals surface area contributed by atoms with E-state index in [2.05, 4.69) is 84.0 Å². The fourth-order valence-electron chi connectivity index (χ4n) is 2.67. The molecule has 0 aliphatic carbocycles. The summed E-state index contributed by atoms with van der Waals surface area (Å²) in [6.45, 7) is 21.3. The Kier molecular flexibility index (Phi) is 18.3. The molecule has 0 amide bonds. The topological polar surface area (TPSA) is 0 Å². The van der Waals surface area contributed by atoms with Crippen LogP contribution in [0.4, 0.5) is 0 Å². The predicted molar refractivity (Wildman–Crippen MR) is 127 cm³/mol. The molecule has 0 radical (unpaired) electrons. The second kappa shape index (κ2) is 17.8. The van der Waals surface area contributed by atoms with E-state index in [1.165, 1.54) is 53.5 Å². The lowest BCUT2D eigenvalue weighted by Gasteiger charge is -2.15. The van der Waals surface area contributed by atoms with Crippen molar-refractivity contribution in [2.24, 2.45) is 0 Å². The summed E-state index contributed by atoms with van der Waals surface area (Å²) < 4.78 is 0. The average molecular weight is 371 g/mol. The molecular formula is C27H46. The molecule has 0 fully saturated rings. The van der Waals surface area contributed by atoms with Gasteiger partial charge in [0.15, 0.2) is 0 Å². The van der Waals surface area contributed by atoms with Crippen LogP contribution in [-0.4, -0.2) is 0 Å². The first-order valence-corrected chi connectivity index (χ1v) is 11.2. The van der Waals surface area contributed by atoms with Gasteiger partial charge in [-0.25, -0.2) is 0 Å². The van der Waals surface area contributed by atoms with Gasteiger partial charge in [0.1, 0.15) is 0 Å². The molecule has 2 rings (SSSR count). The molecule has 0 saturated carbocycles. The highest BCUT2D eigenvalue weighted by Gasteiger charge is 2.09. The average Bonchev–Trinajstić information content (AvgIpc) is 2.72. The number of hydrogen-bond acceptors (Lipinski definition) is 0. The van der Waals surface area contributed by atoms with Crippen molar-refractivity contribution in [2.75, 3.05) is 0 Å². The summed E-state index contributed by atoms with van der Waals surface area (Å²) in [5.74, 6) is 0.467. The minimum Gasteiger partial charge on any atom is -0.0683 e. The molecule has 0 N–H and O–H groups in total. The normalized spacial score (nSPS) is 10.3. The van der Waals surface area contributed by atoms with Gasteiger partial charge in [-0.05, 0) is 42.5 Å². The highest BCUT2D eigenvalue weighted by Crippen LogP contribution is 2.26. The largest absolute Gasteiger partial charge is 0.0683 e. The van der Waals surface area contributed by atoms with Crippen LogP contribution < -0.4 is 0 Å². The van der Waals surface area contributed by atoms with Crippen LogP contribution in [-0.2, 0) is 6.42 Å². The lowest BCUT2D eigenvalue weighted by Crippen LogP contribution is -1.99. The molecular weight excluding hydrogens is 324 g/mol. The zero-order valence-corrected chi connectivity index (χ0v) is 19.9. The third kappa shape index (κ3) is 11.0. The van der Waals surface area contributed by atoms with E-state index in [4.69, 9.17) is 0 Å². The molecule has 0 heteroatoms. The summed E-state index contributed by atoms with van der Waals surface area (Å²) in [5.41, 5.74) is 7.08. The molecule has 2 aromatic carbocycles. The monoisotopic (exact) mass is 370 g/mol. The summed E-state index contributed by atoms with van der Waals surface area (Å²) in [4.78, 5) is 0. The van der Waals surface area contributed by atoms with Crippen LogP contribution in [0.15, 0.2) is 42.5 Å². The smallest absolute Gasteiger partial charge is 0.00612 e. The molecule has 2 aromatic rings. The molecule has 1 unspecified atom stereocenters. The van der Waals surface area contributed by atoms with E-state index in [1.807, 2.05) is 27.7 Å². The summed E-state index contributed by atoms with van der Waals surface area (Å²) in [5, 5.41) is 0. The zero-order chi connectivity index (χ0) is 21.2. The van der Waals surface area contributed by atoms with Crippen molar-refractivity contribution in [3.63, 3.8) is 0 Å². The van der Waals surface area contributed by atoms with Gasteiger partial charge in [-0.15, -0.1) is 0 Å². The van der Waals surface area contributed by atoms with Crippen LogP contribution in [0.3, 0.4) is 0 Å². The Morgan fingerprint density at radius 3 is 1.70 bits per heavy atom. The molecule has 154 valence electrons. The fourth-order valence-corrected chi connectivity index (χ4v) is 2.67. The Balaban J connectivity index is 0. The maximum atomic E-state index is 2.36. The van der Waals surface area contributed by atoms with Crippen LogP contribution in [0.2, 0.25) is 0 Å². The molecule has 1 atom stereocenters. The molecule has 0 bridgehead atoms. The fraction of sp³-hybridized carbons (Fsp3) is 0.556. The summed E-state index contributed by atoms with van der Waals surface area (Å²) in [6, 6.07) is 15.8. The van der Waals surface area contributed by atoms with Crippen molar-refractivity contribution in [2.45, 2.75) is 101 Å². The standard InChI is InChI=1S/C19H24.C4H10.2C2H6/c1-5-7-17-10-11-19(13-15(17)3)16(4)18-9-6-8-14(2)12-18;1-3-4-2;2*1-2/h6,8-13,16H,5,7H2,1-4H3;3-4H2,1-2H3;2*1-2H3. The Hall–Kier alpha value is -1.56. The third-order valence-corrected chi connectivity index (χ3v) is 4.43. The van der Waals surface area contributed by atoms with Gasteiger partial charge in [0.05, 0.1) is 0 Å². The van der Waals surface area contributed by atoms with Crippen molar-refractivity contribution < 1.29 is 0 Å². The van der Waals surface area contributed by atoms with Crippen LogP contribution in [0.1, 0.15) is 108 Å². The van der Waals surface area contributed by atoms with Crippen LogP contribution in [0.25, 0.3) is 0 Å². The number of hydrogen-bond donors (Lipinski definition) is 0. The lowest BCUT2D eigenvalue weighted by atomic mass is 9.89. The number of rotatable bonds is 5. The Morgan fingerprint density at radius 2 is 1.26 bits per heavy atom. The van der Waals surface area contributed by atoms with Gasteiger partial charge in [-0.2, -0.15) is 0 Å². The van der Waals surface area contributed by atoms with Crippen molar-refractivity contribution in [1.29, 1.82) is 0 Å². The zero-order valence-electron chi connectivity index (χ0n) is 19.9. The van der Waals surface area contributed by atoms with E-state index >= 15 is 0 Å². The highest BCUT2D eigenvalue weighted by molar-refractivity contribution is 5.38. The molecule has 0 aliphatic rings. The first kappa shape index (κ1) is 27.7. The van der Waals surface area contributed by atoms with E-state index in [0.717, 1.165) is 0 Å². The highest BCUT2D eigenvalue weighted by atomic mass is 14.1. The minimum atomic E-state index is 0.467. The van der Waals surface area contributed by atoms with E-state index in [0.29, 0.717) is 5.92 Å². The molecule has 0 heterocycles. The SMILES string of the molecule is CC.CC.CCCC.CCCc1ccc(C(C)c2cccc(C)c2)cc1C. The molecule has 0 nitrogen and oxygen atoms in total. The van der Waals surface area contributed by atoms with Crippen LogP contribution >= 0.6 is 0 Å². The molecule has 27 heavy (non-hydrogen) atoms. The lowest BCUT2D eigenvalue weighted by molar-refractivity contribution is 0.886. The van der Waals surface area contributed by atoms with E-state index in [1.54, 1.807) is 0 Å². The van der Waals surface area contributed by atoms with Crippen LogP contribution in [0.5, 0.6) is 0 Å². The molecule has 0 aromatic heterocycles. The Labute approximate surface area is 171 Å². The van der Waals surface area contributed by atoms with E-state index in [-0.39, 0.29) is 0 Å². The van der Waals surface area contributed by atoms with Crippen molar-refractivity contribution in [3.8, 4) is 0 Å². The summed E-state index contributed by atoms with van der Waals surface area (Å²) in [7, 11) is 0. The number of benzene rings is 2. The molecule has 0 saturated heterocycles. The maximum absolute atomic E-state index is 2.36. The minimum absolute atomic E-state index is 0.467. The summed E-state index contributed by atoms with van der Waals surface area (Å²) >= 11 is 0. The van der Waals surface area contributed by atoms with Crippen molar-refractivity contribution in [1.82, 2.24) is 0 Å². The summed E-state index contributed by atoms with van der Waals surface area (Å²) in [6.07, 6.45) is 5.04. The Bertz CT molecular complexity index is 578. The number of unbranched alkanes of at least 4 members (excludes halogenated alkanes) is 1. The van der Waals surface area contributed by atoms with Gasteiger partial charge in [-0.3, -0.25) is 0 Å². The van der Waals surface area contributed by atoms with Crippen molar-refractivity contribution >= 4 is 0 Å². The molecule has 0 spiro atoms. The van der Waals surface area contributed by atoms with Crippen molar-refractivity contribution in [3.05, 3.63) is 70.3 Å². The van der Waals surface area contributed by atoms with Gasteiger partial charge in [-0.1, -0.05) is 123 Å². The second-order valence-electron chi connectivity index (χ2n) is 6.57. The maximum Gasteiger partial charge on any atom is 0.00612 e. The van der Waals surface area contributed by atoms with E-state index < -0.39 is 0 Å². The van der Waals surface area contributed by atoms with Crippen LogP contribution in [0, 0.1) is 13.8 Å². The first-order valence-electron chi connectivity index (χ1n) is 11.2. The second-order valence-corrected chi connectivity index (χ2v) is 6.57. The first-order chi connectivity index (χ1) is 13.0. The van der Waals surface area contributed by atoms with Gasteiger partial charge in [0.2, 0.25) is 0 Å². The quantitative estimate of drug-likeness (QED) is 0.492. The Morgan fingerprint density at radius 1 is 0.704 bits per heavy atom. The molecule has 0 aliphatic heterocycles.